The van der Waals surface area contributed by atoms with Crippen LogP contribution < -0.4 is 11.1 Å². The molecule has 1 heterocycles. The summed E-state index contributed by atoms with van der Waals surface area (Å²) in [5, 5.41) is 2.97. The lowest BCUT2D eigenvalue weighted by atomic mass is 9.88. The summed E-state index contributed by atoms with van der Waals surface area (Å²) in [6.07, 6.45) is 0. The standard InChI is InChI=1S/C17H23N3O2/c1-11(2)17(4,10-18)20-15(21)14-12(3)19-16(22-14)13-8-6-5-7-9-13/h5-9,11H,10,18H2,1-4H3,(H,20,21). The number of carbonyl (C=O) groups is 1. The molecule has 2 rings (SSSR count). The molecule has 2 aromatic rings. The monoisotopic (exact) mass is 301 g/mol. The zero-order valence-corrected chi connectivity index (χ0v) is 13.5. The van der Waals surface area contributed by atoms with Gasteiger partial charge < -0.3 is 15.5 Å². The van der Waals surface area contributed by atoms with Gasteiger partial charge in [-0.15, -0.1) is 0 Å². The first kappa shape index (κ1) is 16.2. The van der Waals surface area contributed by atoms with E-state index in [9.17, 15) is 4.79 Å². The van der Waals surface area contributed by atoms with E-state index in [0.717, 1.165) is 5.56 Å². The summed E-state index contributed by atoms with van der Waals surface area (Å²) in [4.78, 5) is 16.8. The third kappa shape index (κ3) is 3.20. The molecule has 0 aliphatic carbocycles. The van der Waals surface area contributed by atoms with Gasteiger partial charge in [0, 0.05) is 12.1 Å². The van der Waals surface area contributed by atoms with Crippen LogP contribution in [-0.4, -0.2) is 23.0 Å². The molecule has 1 unspecified atom stereocenters. The van der Waals surface area contributed by atoms with Gasteiger partial charge in [-0.25, -0.2) is 4.98 Å². The number of nitrogens with one attached hydrogen (secondary N) is 1. The molecule has 0 fully saturated rings. The van der Waals surface area contributed by atoms with Crippen LogP contribution in [0.2, 0.25) is 0 Å². The van der Waals surface area contributed by atoms with Crippen molar-refractivity contribution in [3.63, 3.8) is 0 Å². The van der Waals surface area contributed by atoms with E-state index < -0.39 is 5.54 Å². The van der Waals surface area contributed by atoms with E-state index in [1.165, 1.54) is 0 Å². The molecule has 5 heteroatoms. The highest BCUT2D eigenvalue weighted by atomic mass is 16.4. The van der Waals surface area contributed by atoms with Crippen LogP contribution in [0, 0.1) is 12.8 Å². The highest BCUT2D eigenvalue weighted by molar-refractivity contribution is 5.93. The number of nitrogens with zero attached hydrogens (tertiary/aromatic N) is 1. The number of benzene rings is 1. The Hall–Kier alpha value is -2.14. The number of oxazole rings is 1. The number of aryl methyl sites for hydroxylation is 1. The number of nitrogens with two attached hydrogens (primary N) is 1. The lowest BCUT2D eigenvalue weighted by Crippen LogP contribution is -2.55. The van der Waals surface area contributed by atoms with Crippen molar-refractivity contribution in [3.8, 4) is 11.5 Å². The highest BCUT2D eigenvalue weighted by Crippen LogP contribution is 2.23. The minimum Gasteiger partial charge on any atom is -0.431 e. The summed E-state index contributed by atoms with van der Waals surface area (Å²) in [6, 6.07) is 9.51. The van der Waals surface area contributed by atoms with E-state index in [1.807, 2.05) is 51.1 Å². The van der Waals surface area contributed by atoms with Crippen LogP contribution in [0.4, 0.5) is 0 Å². The Morgan fingerprint density at radius 1 is 1.36 bits per heavy atom. The number of hydrogen-bond donors (Lipinski definition) is 2. The molecule has 0 saturated carbocycles. The number of amides is 1. The van der Waals surface area contributed by atoms with Gasteiger partial charge in [-0.1, -0.05) is 32.0 Å². The number of rotatable bonds is 5. The fraction of sp³-hybridized carbons (Fsp3) is 0.412. The van der Waals surface area contributed by atoms with Crippen LogP contribution in [0.15, 0.2) is 34.7 Å². The average molecular weight is 301 g/mol. The molecule has 0 bridgehead atoms. The highest BCUT2D eigenvalue weighted by Gasteiger charge is 2.31. The van der Waals surface area contributed by atoms with Crippen molar-refractivity contribution in [2.24, 2.45) is 11.7 Å². The number of hydrogen-bond acceptors (Lipinski definition) is 4. The van der Waals surface area contributed by atoms with Gasteiger partial charge >= 0.3 is 0 Å². The van der Waals surface area contributed by atoms with Crippen molar-refractivity contribution in [3.05, 3.63) is 41.8 Å². The topological polar surface area (TPSA) is 81.2 Å². The second-order valence-corrected chi connectivity index (χ2v) is 6.03. The third-order valence-electron chi connectivity index (χ3n) is 4.12. The maximum Gasteiger partial charge on any atom is 0.289 e. The molecule has 3 N–H and O–H groups in total. The predicted octanol–water partition coefficient (Wildman–Crippen LogP) is 2.75. The van der Waals surface area contributed by atoms with E-state index in [2.05, 4.69) is 10.3 Å². The second kappa shape index (κ2) is 6.32. The molecular formula is C17H23N3O2. The normalized spacial score (nSPS) is 13.9. The van der Waals surface area contributed by atoms with Crippen molar-refractivity contribution in [1.82, 2.24) is 10.3 Å². The first-order chi connectivity index (χ1) is 10.4. The van der Waals surface area contributed by atoms with Gasteiger partial charge in [-0.3, -0.25) is 4.79 Å². The predicted molar refractivity (Wildman–Crippen MR) is 86.4 cm³/mol. The largest absolute Gasteiger partial charge is 0.431 e. The minimum atomic E-state index is -0.483. The van der Waals surface area contributed by atoms with Crippen LogP contribution in [-0.2, 0) is 0 Å². The molecule has 1 aromatic carbocycles. The molecule has 118 valence electrons. The fourth-order valence-electron chi connectivity index (χ4n) is 2.06. The molecule has 1 atom stereocenters. The second-order valence-electron chi connectivity index (χ2n) is 6.03. The van der Waals surface area contributed by atoms with Crippen LogP contribution in [0.3, 0.4) is 0 Å². The molecule has 0 spiro atoms. The summed E-state index contributed by atoms with van der Waals surface area (Å²) >= 11 is 0. The molecule has 22 heavy (non-hydrogen) atoms. The first-order valence-electron chi connectivity index (χ1n) is 7.43. The Morgan fingerprint density at radius 2 is 2.00 bits per heavy atom. The Bertz CT molecular complexity index is 649. The zero-order chi connectivity index (χ0) is 16.3. The summed E-state index contributed by atoms with van der Waals surface area (Å²) in [7, 11) is 0. The van der Waals surface area contributed by atoms with E-state index in [1.54, 1.807) is 6.92 Å². The lowest BCUT2D eigenvalue weighted by Gasteiger charge is -2.33. The van der Waals surface area contributed by atoms with Gasteiger partial charge in [0.05, 0.1) is 11.2 Å². The van der Waals surface area contributed by atoms with Gasteiger partial charge in [-0.2, -0.15) is 0 Å². The maximum absolute atomic E-state index is 12.5. The summed E-state index contributed by atoms with van der Waals surface area (Å²) in [6.45, 7) is 8.10. The summed E-state index contributed by atoms with van der Waals surface area (Å²) < 4.78 is 5.67. The summed E-state index contributed by atoms with van der Waals surface area (Å²) in [5.41, 5.74) is 6.74. The smallest absolute Gasteiger partial charge is 0.289 e. The van der Waals surface area contributed by atoms with Gasteiger partial charge in [-0.05, 0) is 31.9 Å². The molecule has 1 amide bonds. The molecule has 0 aliphatic heterocycles. The minimum absolute atomic E-state index is 0.207. The third-order valence-corrected chi connectivity index (χ3v) is 4.12. The quantitative estimate of drug-likeness (QED) is 0.889. The maximum atomic E-state index is 12.5. The van der Waals surface area contributed by atoms with E-state index in [4.69, 9.17) is 10.2 Å². The van der Waals surface area contributed by atoms with Crippen molar-refractivity contribution < 1.29 is 9.21 Å². The van der Waals surface area contributed by atoms with Gasteiger partial charge in [0.2, 0.25) is 11.7 Å². The average Bonchev–Trinajstić information content (AvgIpc) is 2.90. The van der Waals surface area contributed by atoms with Gasteiger partial charge in [0.25, 0.3) is 5.91 Å². The Labute approximate surface area is 130 Å². The SMILES string of the molecule is Cc1nc(-c2ccccc2)oc1C(=O)NC(C)(CN)C(C)C. The van der Waals surface area contributed by atoms with E-state index >= 15 is 0 Å². The molecular weight excluding hydrogens is 278 g/mol. The number of aromatic nitrogens is 1. The fourth-order valence-corrected chi connectivity index (χ4v) is 2.06. The van der Waals surface area contributed by atoms with Crippen molar-refractivity contribution in [2.75, 3.05) is 6.54 Å². The first-order valence-corrected chi connectivity index (χ1v) is 7.43. The molecule has 5 nitrogen and oxygen atoms in total. The van der Waals surface area contributed by atoms with Crippen LogP contribution in [0.25, 0.3) is 11.5 Å². The lowest BCUT2D eigenvalue weighted by molar-refractivity contribution is 0.0854. The molecule has 0 saturated heterocycles. The Morgan fingerprint density at radius 3 is 2.55 bits per heavy atom. The van der Waals surface area contributed by atoms with Crippen LogP contribution in [0.5, 0.6) is 0 Å². The van der Waals surface area contributed by atoms with Crippen molar-refractivity contribution >= 4 is 5.91 Å². The Kier molecular flexibility index (Phi) is 4.66. The number of carbonyl (C=O) groups excluding carboxylic acids is 1. The molecule has 0 radical (unpaired) electrons. The van der Waals surface area contributed by atoms with Crippen molar-refractivity contribution in [2.45, 2.75) is 33.2 Å². The van der Waals surface area contributed by atoms with Gasteiger partial charge in [0.15, 0.2) is 0 Å². The molecule has 1 aromatic heterocycles. The van der Waals surface area contributed by atoms with E-state index in [0.29, 0.717) is 18.1 Å². The van der Waals surface area contributed by atoms with E-state index in [-0.39, 0.29) is 17.6 Å². The van der Waals surface area contributed by atoms with Crippen molar-refractivity contribution in [1.29, 1.82) is 0 Å². The van der Waals surface area contributed by atoms with Crippen LogP contribution >= 0.6 is 0 Å². The molecule has 0 aliphatic rings. The summed E-state index contributed by atoms with van der Waals surface area (Å²) in [5.74, 6) is 0.605. The Balaban J connectivity index is 2.26. The van der Waals surface area contributed by atoms with Gasteiger partial charge in [0.1, 0.15) is 0 Å². The zero-order valence-electron chi connectivity index (χ0n) is 13.5. The van der Waals surface area contributed by atoms with Crippen LogP contribution in [0.1, 0.15) is 37.0 Å².